The molecule has 0 spiro atoms. The van der Waals surface area contributed by atoms with Crippen molar-refractivity contribution in [1.82, 2.24) is 19.9 Å². The third kappa shape index (κ3) is 3.83. The zero-order valence-electron chi connectivity index (χ0n) is 15.6. The number of nitrogens with one attached hydrogen (secondary N) is 1. The molecule has 0 radical (unpaired) electrons. The third-order valence-corrected chi connectivity index (χ3v) is 4.99. The highest BCUT2D eigenvalue weighted by atomic mass is 16.2. The minimum atomic E-state index is -0.141. The molecule has 1 aliphatic heterocycles. The number of anilines is 1. The van der Waals surface area contributed by atoms with E-state index in [1.165, 1.54) is 6.20 Å². The lowest BCUT2D eigenvalue weighted by Gasteiger charge is -2.31. The van der Waals surface area contributed by atoms with Gasteiger partial charge < -0.3 is 10.2 Å². The largest absolute Gasteiger partial charge is 0.337 e. The Morgan fingerprint density at radius 3 is 2.57 bits per heavy atom. The van der Waals surface area contributed by atoms with E-state index in [4.69, 9.17) is 0 Å². The zero-order chi connectivity index (χ0) is 19.5. The van der Waals surface area contributed by atoms with Gasteiger partial charge in [0.15, 0.2) is 0 Å². The summed E-state index contributed by atoms with van der Waals surface area (Å²) in [6.07, 6.45) is 4.43. The van der Waals surface area contributed by atoms with E-state index in [-0.39, 0.29) is 17.7 Å². The maximum absolute atomic E-state index is 12.8. The van der Waals surface area contributed by atoms with Crippen molar-refractivity contribution in [2.75, 3.05) is 18.4 Å². The van der Waals surface area contributed by atoms with E-state index in [1.54, 1.807) is 11.1 Å². The van der Waals surface area contributed by atoms with Gasteiger partial charge in [0.25, 0.3) is 5.91 Å². The van der Waals surface area contributed by atoms with E-state index < -0.39 is 0 Å². The third-order valence-electron chi connectivity index (χ3n) is 4.99. The summed E-state index contributed by atoms with van der Waals surface area (Å²) in [4.78, 5) is 39.9. The summed E-state index contributed by atoms with van der Waals surface area (Å²) in [5, 5.41) is 2.87. The zero-order valence-corrected chi connectivity index (χ0v) is 15.6. The maximum atomic E-state index is 12.8. The molecule has 0 saturated carbocycles. The minimum Gasteiger partial charge on any atom is -0.337 e. The van der Waals surface area contributed by atoms with Crippen molar-refractivity contribution in [3.05, 3.63) is 60.0 Å². The van der Waals surface area contributed by atoms with Gasteiger partial charge in [-0.1, -0.05) is 12.1 Å². The van der Waals surface area contributed by atoms with Crippen molar-refractivity contribution in [2.24, 2.45) is 5.92 Å². The number of aryl methyl sites for hydroxylation is 1. The van der Waals surface area contributed by atoms with Gasteiger partial charge in [-0.05, 0) is 49.6 Å². The number of pyridine rings is 1. The molecule has 2 aromatic heterocycles. The van der Waals surface area contributed by atoms with Crippen LogP contribution in [0.5, 0.6) is 0 Å². The molecule has 142 valence electrons. The molecule has 0 atom stereocenters. The van der Waals surface area contributed by atoms with E-state index >= 15 is 0 Å². The normalized spacial score (nSPS) is 14.8. The van der Waals surface area contributed by atoms with Crippen LogP contribution >= 0.6 is 0 Å². The molecule has 4 rings (SSSR count). The van der Waals surface area contributed by atoms with Crippen LogP contribution in [-0.2, 0) is 4.79 Å². The number of hydrogen-bond donors (Lipinski definition) is 1. The SMILES string of the molecule is Cc1ccnc(NC(=O)C2CCN(C(=O)c3cnc4ccccc4n3)CC2)c1. The maximum Gasteiger partial charge on any atom is 0.274 e. The predicted octanol–water partition coefficient (Wildman–Crippen LogP) is 2.82. The molecule has 0 aliphatic carbocycles. The van der Waals surface area contributed by atoms with Gasteiger partial charge in [0.05, 0.1) is 17.2 Å². The number of nitrogens with zero attached hydrogens (tertiary/aromatic N) is 4. The van der Waals surface area contributed by atoms with Gasteiger partial charge in [-0.25, -0.2) is 9.97 Å². The molecule has 7 heteroatoms. The fourth-order valence-corrected chi connectivity index (χ4v) is 3.40. The molecular formula is C21H21N5O2. The first-order valence-corrected chi connectivity index (χ1v) is 9.35. The Kier molecular flexibility index (Phi) is 4.97. The fourth-order valence-electron chi connectivity index (χ4n) is 3.40. The summed E-state index contributed by atoms with van der Waals surface area (Å²) in [7, 11) is 0. The van der Waals surface area contributed by atoms with Crippen LogP contribution < -0.4 is 5.32 Å². The highest BCUT2D eigenvalue weighted by Crippen LogP contribution is 2.21. The molecule has 0 bridgehead atoms. The number of rotatable bonds is 3. The van der Waals surface area contributed by atoms with Crippen LogP contribution in [0, 0.1) is 12.8 Å². The van der Waals surface area contributed by atoms with Crippen molar-refractivity contribution in [3.8, 4) is 0 Å². The van der Waals surface area contributed by atoms with Crippen LogP contribution in [0.4, 0.5) is 5.82 Å². The molecule has 7 nitrogen and oxygen atoms in total. The Bertz CT molecular complexity index is 1030. The topological polar surface area (TPSA) is 88.1 Å². The van der Waals surface area contributed by atoms with Crippen LogP contribution in [0.3, 0.4) is 0 Å². The second kappa shape index (κ2) is 7.72. The lowest BCUT2D eigenvalue weighted by atomic mass is 9.95. The van der Waals surface area contributed by atoms with Gasteiger partial charge in [0.2, 0.25) is 5.91 Å². The molecule has 28 heavy (non-hydrogen) atoms. The molecule has 1 fully saturated rings. The van der Waals surface area contributed by atoms with E-state index in [1.807, 2.05) is 43.3 Å². The lowest BCUT2D eigenvalue weighted by Crippen LogP contribution is -2.41. The number of carbonyl (C=O) groups is 2. The van der Waals surface area contributed by atoms with Crippen LogP contribution in [-0.4, -0.2) is 44.8 Å². The number of para-hydroxylation sites is 2. The molecule has 3 heterocycles. The summed E-state index contributed by atoms with van der Waals surface area (Å²) in [5.41, 5.74) is 2.85. The summed E-state index contributed by atoms with van der Waals surface area (Å²) in [6.45, 7) is 3.00. The Morgan fingerprint density at radius 2 is 1.82 bits per heavy atom. The molecule has 1 N–H and O–H groups in total. The van der Waals surface area contributed by atoms with Crippen LogP contribution in [0.15, 0.2) is 48.8 Å². The highest BCUT2D eigenvalue weighted by molar-refractivity contribution is 5.95. The fraction of sp³-hybridized carbons (Fsp3) is 0.286. The Hall–Kier alpha value is -3.35. The van der Waals surface area contributed by atoms with Gasteiger partial charge in [0, 0.05) is 25.2 Å². The van der Waals surface area contributed by atoms with Crippen LogP contribution in [0.1, 0.15) is 28.9 Å². The summed E-state index contributed by atoms with van der Waals surface area (Å²) >= 11 is 0. The van der Waals surface area contributed by atoms with Crippen molar-refractivity contribution >= 4 is 28.7 Å². The number of carbonyl (C=O) groups excluding carboxylic acids is 2. The van der Waals surface area contributed by atoms with Gasteiger partial charge in [-0.15, -0.1) is 0 Å². The summed E-state index contributed by atoms with van der Waals surface area (Å²) in [6, 6.07) is 11.2. The van der Waals surface area contributed by atoms with Gasteiger partial charge in [0.1, 0.15) is 11.5 Å². The first-order chi connectivity index (χ1) is 13.6. The molecule has 3 aromatic rings. The van der Waals surface area contributed by atoms with Gasteiger partial charge >= 0.3 is 0 Å². The Labute approximate surface area is 162 Å². The van der Waals surface area contributed by atoms with Gasteiger partial charge in [-0.2, -0.15) is 0 Å². The van der Waals surface area contributed by atoms with E-state index in [9.17, 15) is 9.59 Å². The molecule has 1 aromatic carbocycles. The van der Waals surface area contributed by atoms with Crippen molar-refractivity contribution in [3.63, 3.8) is 0 Å². The monoisotopic (exact) mass is 375 g/mol. The van der Waals surface area contributed by atoms with Crippen molar-refractivity contribution in [2.45, 2.75) is 19.8 Å². The number of piperidine rings is 1. The molecule has 2 amide bonds. The molecule has 0 unspecified atom stereocenters. The average Bonchev–Trinajstić information content (AvgIpc) is 2.73. The van der Waals surface area contributed by atoms with Crippen LogP contribution in [0.25, 0.3) is 11.0 Å². The molecule has 1 saturated heterocycles. The van der Waals surface area contributed by atoms with E-state index in [2.05, 4.69) is 20.3 Å². The summed E-state index contributed by atoms with van der Waals surface area (Å²) in [5.74, 6) is 0.247. The van der Waals surface area contributed by atoms with Crippen molar-refractivity contribution < 1.29 is 9.59 Å². The molecular weight excluding hydrogens is 354 g/mol. The lowest BCUT2D eigenvalue weighted by molar-refractivity contribution is -0.121. The van der Waals surface area contributed by atoms with Crippen LogP contribution in [0.2, 0.25) is 0 Å². The predicted molar refractivity (Wildman–Crippen MR) is 106 cm³/mol. The number of likely N-dealkylation sites (tertiary alicyclic amines) is 1. The minimum absolute atomic E-state index is 0.0457. The number of benzene rings is 1. The molecule has 1 aliphatic rings. The standard InChI is InChI=1S/C21H21N5O2/c1-14-6-9-22-19(12-14)25-20(27)15-7-10-26(11-8-15)21(28)18-13-23-16-4-2-3-5-17(16)24-18/h2-6,9,12-13,15H,7-8,10-11H2,1H3,(H,22,25,27). The van der Waals surface area contributed by atoms with E-state index in [0.29, 0.717) is 43.0 Å². The Morgan fingerprint density at radius 1 is 1.07 bits per heavy atom. The first-order valence-electron chi connectivity index (χ1n) is 9.35. The number of hydrogen-bond acceptors (Lipinski definition) is 5. The quantitative estimate of drug-likeness (QED) is 0.760. The Balaban J connectivity index is 1.37. The first kappa shape index (κ1) is 18.0. The van der Waals surface area contributed by atoms with Gasteiger partial charge in [-0.3, -0.25) is 14.6 Å². The van der Waals surface area contributed by atoms with E-state index in [0.717, 1.165) is 11.1 Å². The average molecular weight is 375 g/mol. The second-order valence-corrected chi connectivity index (χ2v) is 7.02. The number of amides is 2. The summed E-state index contributed by atoms with van der Waals surface area (Å²) < 4.78 is 0. The number of aromatic nitrogens is 3. The van der Waals surface area contributed by atoms with Crippen molar-refractivity contribution in [1.29, 1.82) is 0 Å². The highest BCUT2D eigenvalue weighted by Gasteiger charge is 2.28. The number of fused-ring (bicyclic) bond motifs is 1. The second-order valence-electron chi connectivity index (χ2n) is 7.02. The smallest absolute Gasteiger partial charge is 0.274 e.